The molecule has 6 heteroatoms. The largest absolute Gasteiger partial charge is 0.504 e. The van der Waals surface area contributed by atoms with E-state index in [1.165, 1.54) is 0 Å². The standard InChI is InChI=1S/C16H19NO2S3/c1-3-21-22-8-6-17-11-12-9-14(18)15(19-2)10-13(12)16-5-4-7-20-16/h4-5,7,9-11,18H,3,6,8H2,1-2H3. The predicted octanol–water partition coefficient (Wildman–Crippen LogP) is 4.95. The van der Waals surface area contributed by atoms with Crippen molar-refractivity contribution in [3.05, 3.63) is 35.2 Å². The zero-order valence-electron chi connectivity index (χ0n) is 12.6. The van der Waals surface area contributed by atoms with Crippen LogP contribution in [0.2, 0.25) is 0 Å². The van der Waals surface area contributed by atoms with E-state index in [4.69, 9.17) is 4.74 Å². The number of rotatable bonds is 8. The highest BCUT2D eigenvalue weighted by atomic mass is 33.1. The van der Waals surface area contributed by atoms with Crippen LogP contribution in [0.15, 0.2) is 34.6 Å². The summed E-state index contributed by atoms with van der Waals surface area (Å²) in [5.74, 6) is 2.73. The van der Waals surface area contributed by atoms with Gasteiger partial charge in [0.05, 0.1) is 7.11 Å². The van der Waals surface area contributed by atoms with Gasteiger partial charge in [-0.25, -0.2) is 0 Å². The van der Waals surface area contributed by atoms with Crippen LogP contribution < -0.4 is 4.74 Å². The fraction of sp³-hybridized carbons (Fsp3) is 0.312. The first kappa shape index (κ1) is 17.2. The van der Waals surface area contributed by atoms with E-state index < -0.39 is 0 Å². The SMILES string of the molecule is CCSSCCN=Cc1cc(O)c(OC)cc1-c1cccs1. The number of methoxy groups -OCH3 is 1. The third-order valence-corrected chi connectivity index (χ3v) is 6.23. The molecule has 0 aliphatic carbocycles. The maximum absolute atomic E-state index is 10.00. The zero-order valence-corrected chi connectivity index (χ0v) is 15.1. The van der Waals surface area contributed by atoms with E-state index in [9.17, 15) is 5.11 Å². The lowest BCUT2D eigenvalue weighted by molar-refractivity contribution is 0.373. The van der Waals surface area contributed by atoms with E-state index in [0.29, 0.717) is 5.75 Å². The Bertz CT molecular complexity index is 612. The third-order valence-electron chi connectivity index (χ3n) is 2.87. The van der Waals surface area contributed by atoms with Gasteiger partial charge in [-0.05, 0) is 23.6 Å². The van der Waals surface area contributed by atoms with Gasteiger partial charge in [0.15, 0.2) is 11.5 Å². The van der Waals surface area contributed by atoms with Crippen molar-refractivity contribution in [1.82, 2.24) is 0 Å². The summed E-state index contributed by atoms with van der Waals surface area (Å²) in [7, 11) is 5.25. The van der Waals surface area contributed by atoms with E-state index in [1.54, 1.807) is 24.5 Å². The van der Waals surface area contributed by atoms with Gasteiger partial charge < -0.3 is 9.84 Å². The van der Waals surface area contributed by atoms with E-state index in [0.717, 1.165) is 34.1 Å². The van der Waals surface area contributed by atoms with Crippen molar-refractivity contribution in [2.75, 3.05) is 25.2 Å². The molecule has 0 amide bonds. The second-order valence-corrected chi connectivity index (χ2v) is 8.17. The number of benzene rings is 1. The Kier molecular flexibility index (Phi) is 7.15. The molecule has 0 spiro atoms. The molecule has 1 aromatic carbocycles. The van der Waals surface area contributed by atoms with Crippen LogP contribution in [0.25, 0.3) is 10.4 Å². The van der Waals surface area contributed by atoms with E-state index >= 15 is 0 Å². The maximum Gasteiger partial charge on any atom is 0.161 e. The van der Waals surface area contributed by atoms with E-state index in [1.807, 2.05) is 45.3 Å². The molecule has 0 aliphatic rings. The molecule has 1 heterocycles. The molecule has 0 saturated carbocycles. The molecule has 0 fully saturated rings. The van der Waals surface area contributed by atoms with E-state index in [-0.39, 0.29) is 5.75 Å². The van der Waals surface area contributed by atoms with Crippen molar-refractivity contribution in [3.8, 4) is 21.9 Å². The number of ether oxygens (including phenoxy) is 1. The Morgan fingerprint density at radius 2 is 2.23 bits per heavy atom. The summed E-state index contributed by atoms with van der Waals surface area (Å²) in [5.41, 5.74) is 1.94. The number of nitrogens with zero attached hydrogens (tertiary/aromatic N) is 1. The van der Waals surface area contributed by atoms with Crippen molar-refractivity contribution >= 4 is 39.1 Å². The fourth-order valence-corrected chi connectivity index (χ4v) is 4.20. The van der Waals surface area contributed by atoms with Crippen LogP contribution in [-0.2, 0) is 0 Å². The highest BCUT2D eigenvalue weighted by Crippen LogP contribution is 2.36. The third kappa shape index (κ3) is 4.69. The van der Waals surface area contributed by atoms with Crippen LogP contribution in [0, 0.1) is 0 Å². The van der Waals surface area contributed by atoms with Gasteiger partial charge in [0.1, 0.15) is 0 Å². The number of aromatic hydroxyl groups is 1. The molecule has 3 nitrogen and oxygen atoms in total. The Hall–Kier alpha value is -1.11. The molecule has 2 aromatic rings. The van der Waals surface area contributed by atoms with Crippen LogP contribution in [-0.4, -0.2) is 36.5 Å². The average Bonchev–Trinajstić information content (AvgIpc) is 3.05. The second-order valence-electron chi connectivity index (χ2n) is 4.35. The van der Waals surface area contributed by atoms with Gasteiger partial charge >= 0.3 is 0 Å². The van der Waals surface area contributed by atoms with Crippen molar-refractivity contribution in [1.29, 1.82) is 0 Å². The summed E-state index contributed by atoms with van der Waals surface area (Å²) < 4.78 is 5.21. The van der Waals surface area contributed by atoms with Gasteiger partial charge in [-0.1, -0.05) is 34.6 Å². The Labute approximate surface area is 143 Å². The molecule has 118 valence electrons. The minimum atomic E-state index is 0.139. The molecule has 0 atom stereocenters. The fourth-order valence-electron chi connectivity index (χ4n) is 1.90. The number of thiophene rings is 1. The lowest BCUT2D eigenvalue weighted by Gasteiger charge is -2.09. The Morgan fingerprint density at radius 1 is 1.36 bits per heavy atom. The molecular weight excluding hydrogens is 334 g/mol. The minimum Gasteiger partial charge on any atom is -0.504 e. The van der Waals surface area contributed by atoms with Crippen LogP contribution in [0.5, 0.6) is 11.5 Å². The minimum absolute atomic E-state index is 0.139. The molecular formula is C16H19NO2S3. The Balaban J connectivity index is 2.18. The summed E-state index contributed by atoms with van der Waals surface area (Å²) in [5, 5.41) is 12.0. The first-order valence-electron chi connectivity index (χ1n) is 6.95. The summed E-state index contributed by atoms with van der Waals surface area (Å²) in [4.78, 5) is 5.61. The highest BCUT2D eigenvalue weighted by molar-refractivity contribution is 8.76. The first-order chi connectivity index (χ1) is 10.8. The normalized spacial score (nSPS) is 11.2. The molecule has 1 aromatic heterocycles. The topological polar surface area (TPSA) is 41.8 Å². The number of phenolic OH excluding ortho intramolecular Hbond substituents is 1. The predicted molar refractivity (Wildman–Crippen MR) is 101 cm³/mol. The lowest BCUT2D eigenvalue weighted by Crippen LogP contribution is -1.92. The van der Waals surface area contributed by atoms with Crippen molar-refractivity contribution < 1.29 is 9.84 Å². The van der Waals surface area contributed by atoms with Gasteiger partial charge in [-0.15, -0.1) is 11.3 Å². The monoisotopic (exact) mass is 353 g/mol. The number of phenols is 1. The van der Waals surface area contributed by atoms with Gasteiger partial charge in [-0.2, -0.15) is 0 Å². The molecule has 22 heavy (non-hydrogen) atoms. The maximum atomic E-state index is 10.00. The molecule has 1 N–H and O–H groups in total. The summed E-state index contributed by atoms with van der Waals surface area (Å²) >= 11 is 1.66. The molecule has 0 radical (unpaired) electrons. The van der Waals surface area contributed by atoms with Crippen LogP contribution in [0.4, 0.5) is 0 Å². The highest BCUT2D eigenvalue weighted by Gasteiger charge is 2.11. The molecule has 0 aliphatic heterocycles. The van der Waals surface area contributed by atoms with E-state index in [2.05, 4.69) is 18.0 Å². The number of aliphatic imine (C=N–C) groups is 1. The van der Waals surface area contributed by atoms with Gasteiger partial charge in [-0.3, -0.25) is 4.99 Å². The van der Waals surface area contributed by atoms with Gasteiger partial charge in [0.25, 0.3) is 0 Å². The van der Waals surface area contributed by atoms with Crippen LogP contribution in [0.3, 0.4) is 0 Å². The first-order valence-corrected chi connectivity index (χ1v) is 10.3. The summed E-state index contributed by atoms with van der Waals surface area (Å²) in [6.45, 7) is 2.92. The number of hydrogen-bond donors (Lipinski definition) is 1. The average molecular weight is 354 g/mol. The van der Waals surface area contributed by atoms with Crippen LogP contribution in [0.1, 0.15) is 12.5 Å². The lowest BCUT2D eigenvalue weighted by atomic mass is 10.1. The summed E-state index contributed by atoms with van der Waals surface area (Å²) in [6.07, 6.45) is 1.84. The molecule has 0 saturated heterocycles. The van der Waals surface area contributed by atoms with Crippen molar-refractivity contribution in [3.63, 3.8) is 0 Å². The summed E-state index contributed by atoms with van der Waals surface area (Å²) in [6, 6.07) is 7.65. The molecule has 0 bridgehead atoms. The van der Waals surface area contributed by atoms with Crippen molar-refractivity contribution in [2.24, 2.45) is 4.99 Å². The number of hydrogen-bond acceptors (Lipinski definition) is 6. The van der Waals surface area contributed by atoms with Gasteiger partial charge in [0, 0.05) is 40.3 Å². The molecule has 2 rings (SSSR count). The zero-order chi connectivity index (χ0) is 15.8. The second kappa shape index (κ2) is 9.12. The molecule has 0 unspecified atom stereocenters. The van der Waals surface area contributed by atoms with Crippen molar-refractivity contribution in [2.45, 2.75) is 6.92 Å². The smallest absolute Gasteiger partial charge is 0.161 e. The quantitative estimate of drug-likeness (QED) is 0.414. The van der Waals surface area contributed by atoms with Gasteiger partial charge in [0.2, 0.25) is 0 Å². The Morgan fingerprint density at radius 3 is 2.91 bits per heavy atom. The van der Waals surface area contributed by atoms with Crippen LogP contribution >= 0.6 is 32.9 Å².